The van der Waals surface area contributed by atoms with Gasteiger partial charge in [0.2, 0.25) is 0 Å². The van der Waals surface area contributed by atoms with Gasteiger partial charge in [-0.25, -0.2) is 0 Å². The molecule has 0 bridgehead atoms. The Labute approximate surface area is 122 Å². The van der Waals surface area contributed by atoms with Crippen molar-refractivity contribution in [2.24, 2.45) is 5.92 Å². The molecule has 0 aromatic heterocycles. The summed E-state index contributed by atoms with van der Waals surface area (Å²) in [5.41, 5.74) is 0.669. The van der Waals surface area contributed by atoms with Crippen LogP contribution in [0.5, 0.6) is 5.75 Å². The van der Waals surface area contributed by atoms with Crippen molar-refractivity contribution in [3.63, 3.8) is 0 Å². The summed E-state index contributed by atoms with van der Waals surface area (Å²) in [7, 11) is 0. The average Bonchev–Trinajstić information content (AvgIpc) is 2.80. The van der Waals surface area contributed by atoms with Crippen molar-refractivity contribution in [3.05, 3.63) is 28.3 Å². The Morgan fingerprint density at radius 2 is 2.29 bits per heavy atom. The topological polar surface area (TPSA) is 92.9 Å². The van der Waals surface area contributed by atoms with E-state index < -0.39 is 16.8 Å². The summed E-state index contributed by atoms with van der Waals surface area (Å²) in [5, 5.41) is 20.1. The van der Waals surface area contributed by atoms with E-state index in [2.05, 4.69) is 0 Å². The van der Waals surface area contributed by atoms with Gasteiger partial charge in [-0.15, -0.1) is 0 Å². The molecular formula is C14H18N2O5. The Balaban J connectivity index is 2.31. The second-order valence-electron chi connectivity index (χ2n) is 5.01. The second-order valence-corrected chi connectivity index (χ2v) is 5.01. The van der Waals surface area contributed by atoms with Crippen molar-refractivity contribution in [3.8, 4) is 5.75 Å². The maximum Gasteiger partial charge on any atom is 0.311 e. The highest BCUT2D eigenvalue weighted by atomic mass is 16.6. The van der Waals surface area contributed by atoms with Crippen molar-refractivity contribution < 1.29 is 19.6 Å². The second kappa shape index (κ2) is 5.99. The first kappa shape index (κ1) is 15.1. The predicted octanol–water partition coefficient (Wildman–Crippen LogP) is 2.29. The molecule has 1 aliphatic heterocycles. The zero-order valence-corrected chi connectivity index (χ0v) is 12.0. The summed E-state index contributed by atoms with van der Waals surface area (Å²) in [6.45, 7) is 4.56. The minimum Gasteiger partial charge on any atom is -0.487 e. The Kier molecular flexibility index (Phi) is 4.30. The summed E-state index contributed by atoms with van der Waals surface area (Å²) < 4.78 is 5.32. The van der Waals surface area contributed by atoms with Crippen LogP contribution in [0.2, 0.25) is 0 Å². The molecule has 1 saturated heterocycles. The first-order valence-corrected chi connectivity index (χ1v) is 6.86. The molecule has 0 spiro atoms. The van der Waals surface area contributed by atoms with Crippen molar-refractivity contribution in [1.29, 1.82) is 0 Å². The fourth-order valence-electron chi connectivity index (χ4n) is 2.74. The Hall–Kier alpha value is -2.31. The molecule has 1 aromatic rings. The lowest BCUT2D eigenvalue weighted by molar-refractivity contribution is -0.385. The summed E-state index contributed by atoms with van der Waals surface area (Å²) in [6.07, 6.45) is 0.567. The third kappa shape index (κ3) is 2.91. The third-order valence-electron chi connectivity index (χ3n) is 3.84. The van der Waals surface area contributed by atoms with Crippen LogP contribution >= 0.6 is 0 Å². The quantitative estimate of drug-likeness (QED) is 0.661. The van der Waals surface area contributed by atoms with E-state index in [1.165, 1.54) is 6.07 Å². The lowest BCUT2D eigenvalue weighted by Crippen LogP contribution is -2.32. The van der Waals surface area contributed by atoms with Crippen molar-refractivity contribution in [2.75, 3.05) is 18.1 Å². The number of benzene rings is 1. The zero-order valence-electron chi connectivity index (χ0n) is 12.0. The van der Waals surface area contributed by atoms with Gasteiger partial charge in [0.1, 0.15) is 0 Å². The molecule has 1 N–H and O–H groups in total. The summed E-state index contributed by atoms with van der Waals surface area (Å²) in [4.78, 5) is 23.6. The fourth-order valence-corrected chi connectivity index (χ4v) is 2.74. The third-order valence-corrected chi connectivity index (χ3v) is 3.84. The van der Waals surface area contributed by atoms with E-state index in [0.29, 0.717) is 19.6 Å². The molecule has 0 aliphatic carbocycles. The highest BCUT2D eigenvalue weighted by Crippen LogP contribution is 2.36. The van der Waals surface area contributed by atoms with Gasteiger partial charge in [0, 0.05) is 30.4 Å². The van der Waals surface area contributed by atoms with Gasteiger partial charge in [0.15, 0.2) is 5.75 Å². The number of carbonyl (C=O) groups is 1. The molecule has 1 aliphatic rings. The number of hydrogen-bond donors (Lipinski definition) is 1. The molecule has 114 valence electrons. The molecule has 2 atom stereocenters. The number of carboxylic acid groups (broad SMARTS) is 1. The van der Waals surface area contributed by atoms with Crippen molar-refractivity contribution >= 4 is 17.3 Å². The molecule has 2 rings (SSSR count). The Bertz CT molecular complexity index is 560. The largest absolute Gasteiger partial charge is 0.487 e. The van der Waals surface area contributed by atoms with Crippen molar-refractivity contribution in [2.45, 2.75) is 26.3 Å². The monoisotopic (exact) mass is 294 g/mol. The number of nitrogens with zero attached hydrogens (tertiary/aromatic N) is 2. The molecule has 1 fully saturated rings. The van der Waals surface area contributed by atoms with Gasteiger partial charge in [-0.05, 0) is 26.3 Å². The summed E-state index contributed by atoms with van der Waals surface area (Å²) in [5.74, 6) is -1.02. The molecule has 7 heteroatoms. The molecule has 1 heterocycles. The van der Waals surface area contributed by atoms with E-state index in [9.17, 15) is 14.9 Å². The van der Waals surface area contributed by atoms with Crippen LogP contribution in [0, 0.1) is 16.0 Å². The lowest BCUT2D eigenvalue weighted by atomic mass is 10.0. The van der Waals surface area contributed by atoms with E-state index in [1.807, 2.05) is 11.8 Å². The van der Waals surface area contributed by atoms with E-state index >= 15 is 0 Å². The molecule has 0 amide bonds. The SMILES string of the molecule is CCOc1cc(N2CCC(C(=O)O)C2C)ccc1[N+](=O)[O-]. The van der Waals surface area contributed by atoms with Crippen LogP contribution in [0.15, 0.2) is 18.2 Å². The Morgan fingerprint density at radius 3 is 2.81 bits per heavy atom. The lowest BCUT2D eigenvalue weighted by Gasteiger charge is -2.25. The first-order valence-electron chi connectivity index (χ1n) is 6.86. The molecule has 2 unspecified atom stereocenters. The maximum atomic E-state index is 11.2. The van der Waals surface area contributed by atoms with Crippen LogP contribution in [-0.4, -0.2) is 35.2 Å². The number of anilines is 1. The van der Waals surface area contributed by atoms with Gasteiger partial charge < -0.3 is 14.7 Å². The van der Waals surface area contributed by atoms with E-state index in [-0.39, 0.29) is 17.5 Å². The average molecular weight is 294 g/mol. The summed E-state index contributed by atoms with van der Waals surface area (Å²) >= 11 is 0. The number of aliphatic carboxylic acids is 1. The minimum atomic E-state index is -0.808. The number of hydrogen-bond acceptors (Lipinski definition) is 5. The van der Waals surface area contributed by atoms with Gasteiger partial charge in [0.25, 0.3) is 0 Å². The van der Waals surface area contributed by atoms with E-state index in [0.717, 1.165) is 5.69 Å². The zero-order chi connectivity index (χ0) is 15.6. The molecule has 0 saturated carbocycles. The van der Waals surface area contributed by atoms with Gasteiger partial charge >= 0.3 is 11.7 Å². The number of carboxylic acids is 1. The first-order chi connectivity index (χ1) is 9.95. The van der Waals surface area contributed by atoms with Crippen LogP contribution in [-0.2, 0) is 4.79 Å². The van der Waals surface area contributed by atoms with Crippen LogP contribution in [0.4, 0.5) is 11.4 Å². The van der Waals surface area contributed by atoms with Crippen LogP contribution < -0.4 is 9.64 Å². The highest BCUT2D eigenvalue weighted by Gasteiger charge is 2.36. The van der Waals surface area contributed by atoms with E-state index in [1.54, 1.807) is 19.1 Å². The smallest absolute Gasteiger partial charge is 0.311 e. The van der Waals surface area contributed by atoms with Crippen LogP contribution in [0.1, 0.15) is 20.3 Å². The van der Waals surface area contributed by atoms with E-state index in [4.69, 9.17) is 9.84 Å². The van der Waals surface area contributed by atoms with Gasteiger partial charge in [-0.3, -0.25) is 14.9 Å². The van der Waals surface area contributed by atoms with Crippen molar-refractivity contribution in [1.82, 2.24) is 0 Å². The fraction of sp³-hybridized carbons (Fsp3) is 0.500. The molecular weight excluding hydrogens is 276 g/mol. The molecule has 0 radical (unpaired) electrons. The standard InChI is InChI=1S/C14H18N2O5/c1-3-21-13-8-10(4-5-12(13)16(19)20)15-7-6-11(9(15)2)14(17)18/h4-5,8-9,11H,3,6-7H2,1-2H3,(H,17,18). The van der Waals surface area contributed by atoms with Gasteiger partial charge in [0.05, 0.1) is 17.4 Å². The molecule has 1 aromatic carbocycles. The van der Waals surface area contributed by atoms with Crippen LogP contribution in [0.3, 0.4) is 0 Å². The number of nitro benzene ring substituents is 1. The maximum absolute atomic E-state index is 11.2. The molecule has 7 nitrogen and oxygen atoms in total. The predicted molar refractivity (Wildman–Crippen MR) is 76.8 cm³/mol. The Morgan fingerprint density at radius 1 is 1.57 bits per heavy atom. The number of ether oxygens (including phenoxy) is 1. The summed E-state index contributed by atoms with van der Waals surface area (Å²) in [6, 6.07) is 4.50. The number of nitro groups is 1. The highest BCUT2D eigenvalue weighted by molar-refractivity contribution is 5.73. The molecule has 21 heavy (non-hydrogen) atoms. The normalized spacial score (nSPS) is 21.3. The van der Waals surface area contributed by atoms with Gasteiger partial charge in [-0.2, -0.15) is 0 Å². The minimum absolute atomic E-state index is 0.0813. The number of rotatable bonds is 5. The van der Waals surface area contributed by atoms with Crippen LogP contribution in [0.25, 0.3) is 0 Å². The van der Waals surface area contributed by atoms with Gasteiger partial charge in [-0.1, -0.05) is 0 Å².